The molecule has 2 heterocycles. The van der Waals surface area contributed by atoms with Crippen LogP contribution in [0.15, 0.2) is 33.0 Å². The summed E-state index contributed by atoms with van der Waals surface area (Å²) < 4.78 is 5.51. The van der Waals surface area contributed by atoms with E-state index in [1.165, 1.54) is 10.4 Å². The highest BCUT2D eigenvalue weighted by molar-refractivity contribution is 7.09. The van der Waals surface area contributed by atoms with Crippen molar-refractivity contribution >= 4 is 17.3 Å². The van der Waals surface area contributed by atoms with Crippen molar-refractivity contribution in [2.75, 3.05) is 13.6 Å². The van der Waals surface area contributed by atoms with Gasteiger partial charge in [-0.3, -0.25) is 4.99 Å². The van der Waals surface area contributed by atoms with Crippen LogP contribution in [0, 0.1) is 13.8 Å². The van der Waals surface area contributed by atoms with Gasteiger partial charge in [0.1, 0.15) is 11.5 Å². The third-order valence-electron chi connectivity index (χ3n) is 3.06. The first-order valence-electron chi connectivity index (χ1n) is 6.72. The zero-order valence-electron chi connectivity index (χ0n) is 12.2. The molecule has 0 amide bonds. The number of aliphatic imine (C=N–C) groups is 1. The minimum absolute atomic E-state index is 0.724. The lowest BCUT2D eigenvalue weighted by atomic mass is 10.2. The number of aryl methyl sites for hydroxylation is 2. The Balaban J connectivity index is 1.76. The molecule has 0 spiro atoms. The van der Waals surface area contributed by atoms with Crippen LogP contribution in [0.2, 0.25) is 0 Å². The fourth-order valence-corrected chi connectivity index (χ4v) is 2.73. The second kappa shape index (κ2) is 7.14. The maximum Gasteiger partial charge on any atom is 0.191 e. The van der Waals surface area contributed by atoms with Crippen molar-refractivity contribution in [3.8, 4) is 0 Å². The summed E-state index contributed by atoms with van der Waals surface area (Å²) in [6.07, 6.45) is 1.02. The molecule has 0 saturated heterocycles. The Bertz CT molecular complexity index is 558. The lowest BCUT2D eigenvalue weighted by Gasteiger charge is -2.11. The predicted octanol–water partition coefficient (Wildman–Crippen LogP) is 2.87. The Morgan fingerprint density at radius 2 is 2.20 bits per heavy atom. The van der Waals surface area contributed by atoms with Crippen LogP contribution in [0.5, 0.6) is 0 Å². The van der Waals surface area contributed by atoms with Gasteiger partial charge in [0.2, 0.25) is 0 Å². The molecule has 0 fully saturated rings. The van der Waals surface area contributed by atoms with E-state index in [4.69, 9.17) is 4.42 Å². The Kier molecular flexibility index (Phi) is 5.24. The van der Waals surface area contributed by atoms with Crippen LogP contribution in [0.25, 0.3) is 0 Å². The average molecular weight is 291 g/mol. The number of hydrogen-bond donors (Lipinski definition) is 2. The van der Waals surface area contributed by atoms with Crippen LogP contribution in [0.1, 0.15) is 22.0 Å². The Labute approximate surface area is 123 Å². The van der Waals surface area contributed by atoms with Crippen LogP contribution < -0.4 is 10.6 Å². The summed E-state index contributed by atoms with van der Waals surface area (Å²) in [5, 5.41) is 8.73. The molecule has 0 saturated carbocycles. The zero-order chi connectivity index (χ0) is 14.4. The highest BCUT2D eigenvalue weighted by atomic mass is 32.1. The van der Waals surface area contributed by atoms with E-state index in [0.717, 1.165) is 37.0 Å². The van der Waals surface area contributed by atoms with E-state index < -0.39 is 0 Å². The van der Waals surface area contributed by atoms with Gasteiger partial charge in [0.05, 0.1) is 0 Å². The van der Waals surface area contributed by atoms with E-state index in [0.29, 0.717) is 0 Å². The first-order valence-corrected chi connectivity index (χ1v) is 7.60. The lowest BCUT2D eigenvalue weighted by Crippen LogP contribution is -2.37. The van der Waals surface area contributed by atoms with Crippen LogP contribution >= 0.6 is 11.3 Å². The molecule has 2 aromatic heterocycles. The van der Waals surface area contributed by atoms with Crippen molar-refractivity contribution in [2.24, 2.45) is 4.99 Å². The number of nitrogens with zero attached hydrogens (tertiary/aromatic N) is 1. The fraction of sp³-hybridized carbons (Fsp3) is 0.400. The van der Waals surface area contributed by atoms with Gasteiger partial charge >= 0.3 is 0 Å². The summed E-state index contributed by atoms with van der Waals surface area (Å²) in [6.45, 7) is 5.55. The minimum atomic E-state index is 0.724. The third kappa shape index (κ3) is 4.13. The SMILES string of the molecule is CN=C(NCCc1cccs1)NCc1cc(C)oc1C. The molecular formula is C15H21N3OS. The standard InChI is InChI=1S/C15H21N3OS/c1-11-9-13(12(2)19-11)10-18-15(16-3)17-7-6-14-5-4-8-20-14/h4-5,8-9H,6-7,10H2,1-3H3,(H2,16,17,18). The monoisotopic (exact) mass is 291 g/mol. The highest BCUT2D eigenvalue weighted by Gasteiger charge is 2.05. The number of rotatable bonds is 5. The zero-order valence-corrected chi connectivity index (χ0v) is 13.0. The van der Waals surface area contributed by atoms with Crippen LogP contribution in [-0.4, -0.2) is 19.6 Å². The van der Waals surface area contributed by atoms with Gasteiger partial charge in [-0.15, -0.1) is 11.3 Å². The molecule has 0 unspecified atom stereocenters. The number of thiophene rings is 1. The normalized spacial score (nSPS) is 11.7. The maximum absolute atomic E-state index is 5.51. The molecule has 0 radical (unpaired) electrons. The molecule has 0 aliphatic heterocycles. The molecule has 2 aromatic rings. The van der Waals surface area contributed by atoms with Gasteiger partial charge in [-0.1, -0.05) is 6.07 Å². The summed E-state index contributed by atoms with van der Waals surface area (Å²) in [7, 11) is 1.79. The summed E-state index contributed by atoms with van der Waals surface area (Å²) in [4.78, 5) is 5.61. The molecule has 0 aromatic carbocycles. The predicted molar refractivity (Wildman–Crippen MR) is 84.4 cm³/mol. The van der Waals surface area contributed by atoms with E-state index in [9.17, 15) is 0 Å². The topological polar surface area (TPSA) is 49.6 Å². The van der Waals surface area contributed by atoms with Crippen molar-refractivity contribution in [3.63, 3.8) is 0 Å². The molecule has 2 rings (SSSR count). The molecule has 0 bridgehead atoms. The van der Waals surface area contributed by atoms with Gasteiger partial charge in [0.25, 0.3) is 0 Å². The van der Waals surface area contributed by atoms with Gasteiger partial charge < -0.3 is 15.1 Å². The Morgan fingerprint density at radius 1 is 1.35 bits per heavy atom. The summed E-state index contributed by atoms with van der Waals surface area (Å²) in [5.41, 5.74) is 1.17. The van der Waals surface area contributed by atoms with E-state index >= 15 is 0 Å². The molecule has 4 nitrogen and oxygen atoms in total. The van der Waals surface area contributed by atoms with Crippen LogP contribution in [0.4, 0.5) is 0 Å². The molecule has 20 heavy (non-hydrogen) atoms. The number of guanidine groups is 1. The van der Waals surface area contributed by atoms with Gasteiger partial charge in [-0.05, 0) is 37.8 Å². The largest absolute Gasteiger partial charge is 0.466 e. The molecule has 2 N–H and O–H groups in total. The highest BCUT2D eigenvalue weighted by Crippen LogP contribution is 2.13. The van der Waals surface area contributed by atoms with E-state index in [-0.39, 0.29) is 0 Å². The maximum atomic E-state index is 5.51. The second-order valence-corrected chi connectivity index (χ2v) is 5.65. The van der Waals surface area contributed by atoms with Crippen LogP contribution in [-0.2, 0) is 13.0 Å². The van der Waals surface area contributed by atoms with Gasteiger partial charge in [-0.2, -0.15) is 0 Å². The molecule has 0 atom stereocenters. The van der Waals surface area contributed by atoms with Crippen molar-refractivity contribution in [2.45, 2.75) is 26.8 Å². The number of hydrogen-bond acceptors (Lipinski definition) is 3. The van der Waals surface area contributed by atoms with E-state index in [1.54, 1.807) is 18.4 Å². The first-order chi connectivity index (χ1) is 9.69. The summed E-state index contributed by atoms with van der Waals surface area (Å²) in [6, 6.07) is 6.29. The fourth-order valence-electron chi connectivity index (χ4n) is 2.02. The van der Waals surface area contributed by atoms with Crippen molar-refractivity contribution in [3.05, 3.63) is 45.5 Å². The first kappa shape index (κ1) is 14.7. The van der Waals surface area contributed by atoms with Crippen LogP contribution in [0.3, 0.4) is 0 Å². The molecule has 0 aliphatic rings. The Morgan fingerprint density at radius 3 is 2.80 bits per heavy atom. The summed E-state index contributed by atoms with van der Waals surface area (Å²) in [5.74, 6) is 2.73. The van der Waals surface area contributed by atoms with Crippen molar-refractivity contribution in [1.82, 2.24) is 10.6 Å². The smallest absolute Gasteiger partial charge is 0.191 e. The average Bonchev–Trinajstić information content (AvgIpc) is 3.03. The number of nitrogens with one attached hydrogen (secondary N) is 2. The second-order valence-electron chi connectivity index (χ2n) is 4.62. The van der Waals surface area contributed by atoms with Gasteiger partial charge in [-0.25, -0.2) is 0 Å². The summed E-state index contributed by atoms with van der Waals surface area (Å²) >= 11 is 1.78. The lowest BCUT2D eigenvalue weighted by molar-refractivity contribution is 0.500. The molecule has 5 heteroatoms. The quantitative estimate of drug-likeness (QED) is 0.658. The minimum Gasteiger partial charge on any atom is -0.466 e. The Hall–Kier alpha value is -1.75. The molecule has 108 valence electrons. The van der Waals surface area contributed by atoms with Crippen molar-refractivity contribution in [1.29, 1.82) is 0 Å². The van der Waals surface area contributed by atoms with E-state index in [2.05, 4.69) is 39.2 Å². The number of furan rings is 1. The molecular weight excluding hydrogens is 270 g/mol. The van der Waals surface area contributed by atoms with E-state index in [1.807, 2.05) is 13.8 Å². The van der Waals surface area contributed by atoms with Gasteiger partial charge in [0.15, 0.2) is 5.96 Å². The van der Waals surface area contributed by atoms with Crippen molar-refractivity contribution < 1.29 is 4.42 Å². The molecule has 0 aliphatic carbocycles. The third-order valence-corrected chi connectivity index (χ3v) is 3.99. The van der Waals surface area contributed by atoms with Gasteiger partial charge in [0, 0.05) is 30.6 Å².